The van der Waals surface area contributed by atoms with E-state index in [1.807, 2.05) is 6.92 Å². The molecule has 1 unspecified atom stereocenters. The van der Waals surface area contributed by atoms with Gasteiger partial charge < -0.3 is 10.6 Å². The summed E-state index contributed by atoms with van der Waals surface area (Å²) in [7, 11) is 1.63. The van der Waals surface area contributed by atoms with E-state index in [-0.39, 0.29) is 18.5 Å². The van der Waals surface area contributed by atoms with Crippen LogP contribution in [0.3, 0.4) is 0 Å². The molecule has 100 valence electrons. The second kappa shape index (κ2) is 6.44. The zero-order valence-electron chi connectivity index (χ0n) is 10.6. The molecule has 0 fully saturated rings. The fourth-order valence-corrected chi connectivity index (χ4v) is 1.54. The molecule has 1 aromatic carbocycles. The van der Waals surface area contributed by atoms with Crippen LogP contribution in [0.15, 0.2) is 18.2 Å². The Morgan fingerprint density at radius 3 is 2.61 bits per heavy atom. The highest BCUT2D eigenvalue weighted by Crippen LogP contribution is 2.11. The molecular formula is C13H18F2N2O. The molecule has 0 saturated heterocycles. The molecule has 1 rings (SSSR count). The normalized spacial score (nSPS) is 12.3. The van der Waals surface area contributed by atoms with Crippen LogP contribution in [0.4, 0.5) is 8.78 Å². The number of carbonyl (C=O) groups excluding carboxylic acids is 1. The molecular weight excluding hydrogens is 238 g/mol. The molecule has 0 spiro atoms. The second-order valence-corrected chi connectivity index (χ2v) is 4.51. The lowest BCUT2D eigenvalue weighted by atomic mass is 10.1. The summed E-state index contributed by atoms with van der Waals surface area (Å²) in [5, 5.41) is 0. The third-order valence-corrected chi connectivity index (χ3v) is 2.64. The van der Waals surface area contributed by atoms with E-state index in [0.717, 1.165) is 12.1 Å². The molecule has 0 radical (unpaired) electrons. The van der Waals surface area contributed by atoms with Crippen molar-refractivity contribution in [3.8, 4) is 0 Å². The maximum atomic E-state index is 13.0. The van der Waals surface area contributed by atoms with E-state index in [4.69, 9.17) is 5.73 Å². The quantitative estimate of drug-likeness (QED) is 0.876. The maximum Gasteiger partial charge on any atom is 0.222 e. The third-order valence-electron chi connectivity index (χ3n) is 2.64. The van der Waals surface area contributed by atoms with Gasteiger partial charge in [0.15, 0.2) is 11.6 Å². The number of hydrogen-bond donors (Lipinski definition) is 1. The van der Waals surface area contributed by atoms with Gasteiger partial charge in [-0.25, -0.2) is 8.78 Å². The first kappa shape index (κ1) is 14.6. The van der Waals surface area contributed by atoms with Gasteiger partial charge in [-0.05, 0) is 31.0 Å². The Balaban J connectivity index is 2.55. The Labute approximate surface area is 106 Å². The van der Waals surface area contributed by atoms with Crippen molar-refractivity contribution in [1.82, 2.24) is 4.90 Å². The molecule has 2 N–H and O–H groups in total. The van der Waals surface area contributed by atoms with Crippen molar-refractivity contribution in [1.29, 1.82) is 0 Å². The zero-order valence-corrected chi connectivity index (χ0v) is 10.6. The minimum atomic E-state index is -0.899. The summed E-state index contributed by atoms with van der Waals surface area (Å²) >= 11 is 0. The number of amides is 1. The van der Waals surface area contributed by atoms with Crippen LogP contribution in [0.1, 0.15) is 25.3 Å². The van der Waals surface area contributed by atoms with Crippen LogP contribution in [0.2, 0.25) is 0 Å². The molecule has 0 aliphatic carbocycles. The van der Waals surface area contributed by atoms with E-state index in [2.05, 4.69) is 0 Å². The smallest absolute Gasteiger partial charge is 0.222 e. The first-order chi connectivity index (χ1) is 8.40. The van der Waals surface area contributed by atoms with E-state index >= 15 is 0 Å². The Morgan fingerprint density at radius 1 is 1.39 bits per heavy atom. The van der Waals surface area contributed by atoms with Crippen molar-refractivity contribution in [2.75, 3.05) is 7.05 Å². The monoisotopic (exact) mass is 256 g/mol. The first-order valence-corrected chi connectivity index (χ1v) is 5.83. The molecule has 18 heavy (non-hydrogen) atoms. The van der Waals surface area contributed by atoms with Gasteiger partial charge in [0.1, 0.15) is 0 Å². The van der Waals surface area contributed by atoms with E-state index in [1.54, 1.807) is 7.05 Å². The van der Waals surface area contributed by atoms with Gasteiger partial charge >= 0.3 is 0 Å². The largest absolute Gasteiger partial charge is 0.341 e. The van der Waals surface area contributed by atoms with Gasteiger partial charge in [0.2, 0.25) is 5.91 Å². The molecule has 1 atom stereocenters. The highest BCUT2D eigenvalue weighted by Gasteiger charge is 2.11. The van der Waals surface area contributed by atoms with Crippen LogP contribution in [-0.4, -0.2) is 23.9 Å². The van der Waals surface area contributed by atoms with Gasteiger partial charge in [-0.3, -0.25) is 4.79 Å². The minimum Gasteiger partial charge on any atom is -0.341 e. The lowest BCUT2D eigenvalue weighted by Crippen LogP contribution is -2.28. The van der Waals surface area contributed by atoms with Crippen molar-refractivity contribution in [3.63, 3.8) is 0 Å². The van der Waals surface area contributed by atoms with Crippen LogP contribution >= 0.6 is 0 Å². The number of benzene rings is 1. The highest BCUT2D eigenvalue weighted by molar-refractivity contribution is 5.75. The van der Waals surface area contributed by atoms with E-state index in [0.29, 0.717) is 18.4 Å². The molecule has 0 aliphatic rings. The molecule has 3 nitrogen and oxygen atoms in total. The van der Waals surface area contributed by atoms with Crippen LogP contribution in [-0.2, 0) is 11.3 Å². The second-order valence-electron chi connectivity index (χ2n) is 4.51. The number of nitrogens with two attached hydrogens (primary N) is 1. The van der Waals surface area contributed by atoms with Gasteiger partial charge in [-0.15, -0.1) is 0 Å². The summed E-state index contributed by atoms with van der Waals surface area (Å²) in [6.45, 7) is 2.09. The predicted molar refractivity (Wildman–Crippen MR) is 65.7 cm³/mol. The third kappa shape index (κ3) is 4.41. The van der Waals surface area contributed by atoms with Gasteiger partial charge in [-0.2, -0.15) is 0 Å². The Morgan fingerprint density at radius 2 is 2.06 bits per heavy atom. The minimum absolute atomic E-state index is 0.0226. The number of rotatable bonds is 5. The Hall–Kier alpha value is -1.49. The lowest BCUT2D eigenvalue weighted by Gasteiger charge is -2.18. The van der Waals surface area contributed by atoms with E-state index < -0.39 is 11.6 Å². The molecule has 0 aliphatic heterocycles. The summed E-state index contributed by atoms with van der Waals surface area (Å²) in [4.78, 5) is 13.2. The van der Waals surface area contributed by atoms with Gasteiger partial charge in [0.05, 0.1) is 0 Å². The SMILES string of the molecule is CC(N)CCC(=O)N(C)Cc1ccc(F)c(F)c1. The topological polar surface area (TPSA) is 46.3 Å². The fourth-order valence-electron chi connectivity index (χ4n) is 1.54. The van der Waals surface area contributed by atoms with Crippen LogP contribution in [0, 0.1) is 11.6 Å². The average Bonchev–Trinajstić information content (AvgIpc) is 2.30. The van der Waals surface area contributed by atoms with Crippen molar-refractivity contribution in [3.05, 3.63) is 35.4 Å². The maximum absolute atomic E-state index is 13.0. The van der Waals surface area contributed by atoms with Crippen molar-refractivity contribution in [2.24, 2.45) is 5.73 Å². The van der Waals surface area contributed by atoms with E-state index in [9.17, 15) is 13.6 Å². The zero-order chi connectivity index (χ0) is 13.7. The fraction of sp³-hybridized carbons (Fsp3) is 0.462. The van der Waals surface area contributed by atoms with Gasteiger partial charge in [0, 0.05) is 26.1 Å². The predicted octanol–water partition coefficient (Wildman–Crippen LogP) is 2.05. The lowest BCUT2D eigenvalue weighted by molar-refractivity contribution is -0.130. The summed E-state index contributed by atoms with van der Waals surface area (Å²) < 4.78 is 25.7. The molecule has 1 aromatic rings. The van der Waals surface area contributed by atoms with Crippen molar-refractivity contribution >= 4 is 5.91 Å². The number of hydrogen-bond acceptors (Lipinski definition) is 2. The molecule has 0 aromatic heterocycles. The average molecular weight is 256 g/mol. The number of nitrogens with zero attached hydrogens (tertiary/aromatic N) is 1. The standard InChI is InChI=1S/C13H18F2N2O/c1-9(16)3-6-13(18)17(2)8-10-4-5-11(14)12(15)7-10/h4-5,7,9H,3,6,8,16H2,1-2H3. The number of halogens is 2. The summed E-state index contributed by atoms with van der Waals surface area (Å²) in [6, 6.07) is 3.61. The Kier molecular flexibility index (Phi) is 5.22. The Bertz CT molecular complexity index is 421. The molecule has 5 heteroatoms. The van der Waals surface area contributed by atoms with Gasteiger partial charge in [0.25, 0.3) is 0 Å². The van der Waals surface area contributed by atoms with Crippen molar-refractivity contribution < 1.29 is 13.6 Å². The van der Waals surface area contributed by atoms with E-state index in [1.165, 1.54) is 11.0 Å². The highest BCUT2D eigenvalue weighted by atomic mass is 19.2. The first-order valence-electron chi connectivity index (χ1n) is 5.83. The number of carbonyl (C=O) groups is 1. The summed E-state index contributed by atoms with van der Waals surface area (Å²) in [5.74, 6) is -1.84. The van der Waals surface area contributed by atoms with Crippen LogP contribution < -0.4 is 5.73 Å². The molecule has 0 bridgehead atoms. The van der Waals surface area contributed by atoms with Gasteiger partial charge in [-0.1, -0.05) is 6.07 Å². The van der Waals surface area contributed by atoms with Crippen LogP contribution in [0.5, 0.6) is 0 Å². The van der Waals surface area contributed by atoms with Crippen molar-refractivity contribution in [2.45, 2.75) is 32.4 Å². The molecule has 0 heterocycles. The molecule has 1 amide bonds. The van der Waals surface area contributed by atoms with Crippen LogP contribution in [0.25, 0.3) is 0 Å². The summed E-state index contributed by atoms with van der Waals surface area (Å²) in [5.41, 5.74) is 6.13. The molecule has 0 saturated carbocycles. The summed E-state index contributed by atoms with van der Waals surface area (Å²) in [6.07, 6.45) is 0.971.